The first-order valence-corrected chi connectivity index (χ1v) is 13.7. The van der Waals surface area contributed by atoms with Gasteiger partial charge in [0.2, 0.25) is 5.89 Å². The van der Waals surface area contributed by atoms with Gasteiger partial charge in [-0.2, -0.15) is 4.98 Å². The summed E-state index contributed by atoms with van der Waals surface area (Å²) >= 11 is 6.35. The Kier molecular flexibility index (Phi) is 4.30. The Balaban J connectivity index is 1.15. The fourth-order valence-electron chi connectivity index (χ4n) is 6.07. The predicted octanol–water partition coefficient (Wildman–Crippen LogP) is 2.11. The number of rotatable bonds is 3. The molecule has 178 valence electrons. The van der Waals surface area contributed by atoms with Crippen molar-refractivity contribution >= 4 is 27.4 Å². The molecule has 0 atom stereocenters. The summed E-state index contributed by atoms with van der Waals surface area (Å²) in [6.07, 6.45) is 2.10. The molecule has 2 aromatic heterocycles. The Labute approximate surface area is 201 Å². The van der Waals surface area contributed by atoms with Crippen LogP contribution in [0.2, 0.25) is 5.02 Å². The average molecular weight is 502 g/mol. The van der Waals surface area contributed by atoms with Gasteiger partial charge in [0.15, 0.2) is 15.7 Å². The van der Waals surface area contributed by atoms with E-state index in [2.05, 4.69) is 34.7 Å². The van der Waals surface area contributed by atoms with Crippen LogP contribution in [0, 0.1) is 12.3 Å². The number of hydrogen-bond acceptors (Lipinski definition) is 9. The van der Waals surface area contributed by atoms with Crippen LogP contribution in [0.3, 0.4) is 0 Å². The summed E-state index contributed by atoms with van der Waals surface area (Å²) in [4.78, 5) is 8.70. The van der Waals surface area contributed by atoms with E-state index in [-0.39, 0.29) is 23.0 Å². The molecule has 1 aliphatic carbocycles. The zero-order valence-electron chi connectivity index (χ0n) is 18.7. The lowest BCUT2D eigenvalue weighted by Crippen LogP contribution is -2.62. The maximum Gasteiger partial charge on any atom is 0.266 e. The van der Waals surface area contributed by atoms with Crippen LogP contribution in [0.4, 0.5) is 5.95 Å². The van der Waals surface area contributed by atoms with E-state index >= 15 is 0 Å². The minimum atomic E-state index is -2.92. The van der Waals surface area contributed by atoms with Gasteiger partial charge in [-0.05, 0) is 41.8 Å². The lowest BCUT2D eigenvalue weighted by atomic mass is 9.57. The molecule has 2 saturated heterocycles. The third-order valence-corrected chi connectivity index (χ3v) is 9.76. The van der Waals surface area contributed by atoms with Gasteiger partial charge in [-0.15, -0.1) is 10.2 Å². The third-order valence-electron chi connectivity index (χ3n) is 7.74. The molecule has 1 saturated carbocycles. The Bertz CT molecular complexity index is 1390. The average Bonchev–Trinajstić information content (AvgIpc) is 3.26. The predicted molar refractivity (Wildman–Crippen MR) is 124 cm³/mol. The van der Waals surface area contributed by atoms with Gasteiger partial charge in [-0.25, -0.2) is 8.42 Å². The molecule has 4 aliphatic rings. The van der Waals surface area contributed by atoms with Crippen molar-refractivity contribution < 1.29 is 12.9 Å². The molecule has 10 nitrogen and oxygen atoms in total. The van der Waals surface area contributed by atoms with Gasteiger partial charge in [-0.3, -0.25) is 9.47 Å². The first kappa shape index (κ1) is 20.8. The highest BCUT2D eigenvalue weighted by Gasteiger charge is 2.55. The Hall–Kier alpha value is -2.50. The molecule has 7 rings (SSSR count). The van der Waals surface area contributed by atoms with Crippen molar-refractivity contribution in [1.29, 1.82) is 0 Å². The molecular formula is C22H24ClN7O3S. The first-order chi connectivity index (χ1) is 16.3. The molecule has 12 heteroatoms. The Morgan fingerprint density at radius 3 is 2.65 bits per heavy atom. The highest BCUT2D eigenvalue weighted by atomic mass is 35.5. The molecule has 3 fully saturated rings. The molecule has 3 aliphatic heterocycles. The number of hydrogen-bond donors (Lipinski definition) is 0. The third kappa shape index (κ3) is 3.20. The molecule has 0 amide bonds. The SMILES string of the molecule is Cc1nc(N2CC3(CC(c4nnc5n4-c4ccc(Cl)cc4CN(C4CS(=O)(=O)C4)C5)C3)C2)no1. The zero-order valence-corrected chi connectivity index (χ0v) is 20.3. The van der Waals surface area contributed by atoms with Crippen molar-refractivity contribution in [3.63, 3.8) is 0 Å². The van der Waals surface area contributed by atoms with Crippen LogP contribution in [-0.2, 0) is 22.9 Å². The van der Waals surface area contributed by atoms with Crippen molar-refractivity contribution in [2.24, 2.45) is 5.41 Å². The van der Waals surface area contributed by atoms with E-state index in [0.29, 0.717) is 35.9 Å². The second-order valence-corrected chi connectivity index (χ2v) is 12.9. The summed E-state index contributed by atoms with van der Waals surface area (Å²) in [7, 11) is -2.92. The molecule has 3 aromatic rings. The monoisotopic (exact) mass is 501 g/mol. The van der Waals surface area contributed by atoms with E-state index in [4.69, 9.17) is 16.1 Å². The lowest BCUT2D eigenvalue weighted by Gasteiger charge is -2.58. The summed E-state index contributed by atoms with van der Waals surface area (Å²) in [5.41, 5.74) is 2.39. The summed E-state index contributed by atoms with van der Waals surface area (Å²) < 4.78 is 31.0. The quantitative estimate of drug-likeness (QED) is 0.532. The van der Waals surface area contributed by atoms with Gasteiger partial charge >= 0.3 is 0 Å². The van der Waals surface area contributed by atoms with Gasteiger partial charge in [0.1, 0.15) is 5.82 Å². The number of aromatic nitrogens is 5. The minimum Gasteiger partial charge on any atom is -0.338 e. The van der Waals surface area contributed by atoms with Gasteiger partial charge in [-0.1, -0.05) is 11.6 Å². The van der Waals surface area contributed by atoms with Crippen LogP contribution in [0.1, 0.15) is 41.9 Å². The van der Waals surface area contributed by atoms with Crippen molar-refractivity contribution in [2.75, 3.05) is 29.5 Å². The fourth-order valence-corrected chi connectivity index (χ4v) is 7.76. The maximum absolute atomic E-state index is 11.8. The Morgan fingerprint density at radius 2 is 1.94 bits per heavy atom. The lowest BCUT2D eigenvalue weighted by molar-refractivity contribution is 0.0571. The number of aryl methyl sites for hydroxylation is 1. The van der Waals surface area contributed by atoms with E-state index in [1.54, 1.807) is 6.92 Å². The van der Waals surface area contributed by atoms with Crippen LogP contribution < -0.4 is 4.90 Å². The molecule has 0 bridgehead atoms. The number of halogens is 1. The van der Waals surface area contributed by atoms with Crippen LogP contribution in [0.15, 0.2) is 22.7 Å². The van der Waals surface area contributed by atoms with Crippen LogP contribution in [-0.4, -0.2) is 68.9 Å². The largest absolute Gasteiger partial charge is 0.338 e. The summed E-state index contributed by atoms with van der Waals surface area (Å²) in [5, 5.41) is 13.9. The number of sulfone groups is 1. The minimum absolute atomic E-state index is 0.00485. The van der Waals surface area contributed by atoms with Crippen molar-refractivity contribution in [3.8, 4) is 5.69 Å². The number of benzene rings is 1. The molecule has 1 aromatic carbocycles. The molecule has 1 spiro atoms. The number of anilines is 1. The second-order valence-electron chi connectivity index (χ2n) is 10.3. The van der Waals surface area contributed by atoms with Crippen LogP contribution >= 0.6 is 11.6 Å². The van der Waals surface area contributed by atoms with Gasteiger partial charge < -0.3 is 9.42 Å². The highest BCUT2D eigenvalue weighted by Crippen LogP contribution is 2.56. The van der Waals surface area contributed by atoms with E-state index in [1.807, 2.05) is 18.2 Å². The smallest absolute Gasteiger partial charge is 0.266 e. The van der Waals surface area contributed by atoms with Crippen molar-refractivity contribution in [1.82, 2.24) is 29.8 Å². The van der Waals surface area contributed by atoms with Crippen LogP contribution in [0.5, 0.6) is 0 Å². The number of fused-ring (bicyclic) bond motifs is 3. The van der Waals surface area contributed by atoms with E-state index in [0.717, 1.165) is 48.8 Å². The molecular weight excluding hydrogens is 478 g/mol. The van der Waals surface area contributed by atoms with Crippen LogP contribution in [0.25, 0.3) is 5.69 Å². The molecule has 0 N–H and O–H groups in total. The van der Waals surface area contributed by atoms with E-state index < -0.39 is 9.84 Å². The summed E-state index contributed by atoms with van der Waals surface area (Å²) in [5.74, 6) is 3.83. The zero-order chi connectivity index (χ0) is 23.2. The second kappa shape index (κ2) is 7.02. The Morgan fingerprint density at radius 1 is 1.15 bits per heavy atom. The van der Waals surface area contributed by atoms with Crippen molar-refractivity contribution in [3.05, 3.63) is 46.3 Å². The molecule has 5 heterocycles. The summed E-state index contributed by atoms with van der Waals surface area (Å²) in [6.45, 7) is 4.88. The molecule has 34 heavy (non-hydrogen) atoms. The topological polar surface area (TPSA) is 110 Å². The van der Waals surface area contributed by atoms with Gasteiger partial charge in [0.05, 0.1) is 23.7 Å². The van der Waals surface area contributed by atoms with E-state index in [1.165, 1.54) is 0 Å². The van der Waals surface area contributed by atoms with Gasteiger partial charge in [0.25, 0.3) is 5.95 Å². The standard InChI is InChI=1S/C22H24ClN7O3S/c1-13-24-21(27-33-13)29-11-22(12-29)5-15(6-22)20-26-25-19-8-28(17-9-34(31,32)10-17)7-14-4-16(23)2-3-18(14)30(19)20/h2-4,15,17H,5-12H2,1H3. The normalized spacial score (nSPS) is 23.5. The molecule has 0 unspecified atom stereocenters. The van der Waals surface area contributed by atoms with Crippen molar-refractivity contribution in [2.45, 2.75) is 44.8 Å². The number of nitrogens with zero attached hydrogens (tertiary/aromatic N) is 7. The first-order valence-electron chi connectivity index (χ1n) is 11.5. The maximum atomic E-state index is 11.8. The fraction of sp³-hybridized carbons (Fsp3) is 0.545. The highest BCUT2D eigenvalue weighted by molar-refractivity contribution is 7.92. The molecule has 0 radical (unpaired) electrons. The van der Waals surface area contributed by atoms with E-state index in [9.17, 15) is 8.42 Å². The van der Waals surface area contributed by atoms with Gasteiger partial charge in [0, 0.05) is 49.0 Å². The summed E-state index contributed by atoms with van der Waals surface area (Å²) in [6, 6.07) is 5.92.